The van der Waals surface area contributed by atoms with Gasteiger partial charge in [0.25, 0.3) is 0 Å². The lowest BCUT2D eigenvalue weighted by Crippen LogP contribution is -2.45. The first-order valence-electron chi connectivity index (χ1n) is 5.87. The van der Waals surface area contributed by atoms with Crippen molar-refractivity contribution in [2.24, 2.45) is 11.1 Å². The lowest BCUT2D eigenvalue weighted by Gasteiger charge is -2.25. The van der Waals surface area contributed by atoms with Crippen LogP contribution < -0.4 is 11.1 Å². The van der Waals surface area contributed by atoms with E-state index in [-0.39, 0.29) is 11.3 Å². The molecule has 1 atom stereocenters. The van der Waals surface area contributed by atoms with Crippen molar-refractivity contribution >= 4 is 22.5 Å². The highest BCUT2D eigenvalue weighted by atomic mass is 16.2. The van der Waals surface area contributed by atoms with Gasteiger partial charge in [-0.05, 0) is 23.6 Å². The summed E-state index contributed by atoms with van der Waals surface area (Å²) in [5, 5.41) is 10.6. The second-order valence-corrected chi connectivity index (χ2v) is 5.50. The highest BCUT2D eigenvalue weighted by Crippen LogP contribution is 2.20. The largest absolute Gasteiger partial charge is 0.325 e. The van der Waals surface area contributed by atoms with Crippen molar-refractivity contribution in [2.45, 2.75) is 26.8 Å². The van der Waals surface area contributed by atoms with Crippen molar-refractivity contribution in [2.75, 3.05) is 5.32 Å². The second-order valence-electron chi connectivity index (χ2n) is 5.50. The standard InChI is InChI=1S/C13H18N4O/c1-13(2,3)11(14)12(18)16-9-5-4-8-7-15-17-10(8)6-9/h4-7,11H,14H2,1-3H3,(H,15,17)(H,16,18). The van der Waals surface area contributed by atoms with Gasteiger partial charge in [0, 0.05) is 11.1 Å². The first kappa shape index (κ1) is 12.6. The minimum Gasteiger partial charge on any atom is -0.325 e. The van der Waals surface area contributed by atoms with Gasteiger partial charge in [-0.1, -0.05) is 20.8 Å². The topological polar surface area (TPSA) is 83.8 Å². The molecule has 1 aromatic heterocycles. The fraction of sp³-hybridized carbons (Fsp3) is 0.385. The fourth-order valence-electron chi connectivity index (χ4n) is 1.63. The molecule has 4 N–H and O–H groups in total. The van der Waals surface area contributed by atoms with Crippen LogP contribution in [0.2, 0.25) is 0 Å². The molecule has 1 unspecified atom stereocenters. The maximum atomic E-state index is 12.0. The molecule has 1 aromatic carbocycles. The number of nitrogens with one attached hydrogen (secondary N) is 2. The minimum atomic E-state index is -0.546. The Morgan fingerprint density at radius 3 is 2.83 bits per heavy atom. The molecule has 1 amide bonds. The smallest absolute Gasteiger partial charge is 0.241 e. The molecule has 2 aromatic rings. The average Bonchev–Trinajstić information content (AvgIpc) is 2.73. The van der Waals surface area contributed by atoms with Crippen LogP contribution >= 0.6 is 0 Å². The van der Waals surface area contributed by atoms with Crippen LogP contribution in [0, 0.1) is 5.41 Å². The van der Waals surface area contributed by atoms with Crippen LogP contribution in [0.15, 0.2) is 24.4 Å². The molecule has 0 radical (unpaired) electrons. The van der Waals surface area contributed by atoms with Crippen molar-refractivity contribution in [3.05, 3.63) is 24.4 Å². The lowest BCUT2D eigenvalue weighted by atomic mass is 9.87. The Kier molecular flexibility index (Phi) is 3.09. The van der Waals surface area contributed by atoms with Gasteiger partial charge in [-0.3, -0.25) is 9.89 Å². The summed E-state index contributed by atoms with van der Waals surface area (Å²) in [7, 11) is 0. The van der Waals surface area contributed by atoms with Crippen molar-refractivity contribution in [3.8, 4) is 0 Å². The lowest BCUT2D eigenvalue weighted by molar-refractivity contribution is -0.119. The summed E-state index contributed by atoms with van der Waals surface area (Å²) in [6, 6.07) is 5.03. The van der Waals surface area contributed by atoms with Gasteiger partial charge < -0.3 is 11.1 Å². The van der Waals surface area contributed by atoms with Crippen LogP contribution in [0.3, 0.4) is 0 Å². The summed E-state index contributed by atoms with van der Waals surface area (Å²) < 4.78 is 0. The maximum Gasteiger partial charge on any atom is 0.241 e. The van der Waals surface area contributed by atoms with Crippen LogP contribution in [-0.4, -0.2) is 22.1 Å². The highest BCUT2D eigenvalue weighted by Gasteiger charge is 2.27. The SMILES string of the molecule is CC(C)(C)C(N)C(=O)Nc1ccc2cn[nH]c2c1. The highest BCUT2D eigenvalue weighted by molar-refractivity contribution is 5.96. The first-order valence-corrected chi connectivity index (χ1v) is 5.87. The zero-order valence-electron chi connectivity index (χ0n) is 10.8. The van der Waals surface area contributed by atoms with Gasteiger partial charge in [-0.15, -0.1) is 0 Å². The number of fused-ring (bicyclic) bond motifs is 1. The number of nitrogens with two attached hydrogens (primary N) is 1. The van der Waals surface area contributed by atoms with E-state index in [1.54, 1.807) is 6.20 Å². The number of benzene rings is 1. The summed E-state index contributed by atoms with van der Waals surface area (Å²) in [4.78, 5) is 12.0. The molecular weight excluding hydrogens is 228 g/mol. The van der Waals surface area contributed by atoms with E-state index in [1.165, 1.54) is 0 Å². The number of nitrogens with zero attached hydrogens (tertiary/aromatic N) is 1. The van der Waals surface area contributed by atoms with Crippen LogP contribution in [0.1, 0.15) is 20.8 Å². The second kappa shape index (κ2) is 4.42. The molecule has 0 saturated carbocycles. The Morgan fingerprint density at radius 1 is 1.44 bits per heavy atom. The molecule has 0 aliphatic carbocycles. The molecule has 2 rings (SSSR count). The number of H-pyrrole nitrogens is 1. The van der Waals surface area contributed by atoms with Gasteiger partial charge in [-0.25, -0.2) is 0 Å². The summed E-state index contributed by atoms with van der Waals surface area (Å²) in [5.74, 6) is -0.179. The molecule has 0 saturated heterocycles. The zero-order valence-corrected chi connectivity index (χ0v) is 10.8. The van der Waals surface area contributed by atoms with Crippen LogP contribution in [-0.2, 0) is 4.79 Å². The quantitative estimate of drug-likeness (QED) is 0.756. The predicted octanol–water partition coefficient (Wildman–Crippen LogP) is 1.87. The van der Waals surface area contributed by atoms with Gasteiger partial charge in [0.15, 0.2) is 0 Å². The molecule has 0 fully saturated rings. The Hall–Kier alpha value is -1.88. The van der Waals surface area contributed by atoms with E-state index < -0.39 is 6.04 Å². The molecule has 0 bridgehead atoms. The van der Waals surface area contributed by atoms with Crippen LogP contribution in [0.4, 0.5) is 5.69 Å². The monoisotopic (exact) mass is 246 g/mol. The van der Waals surface area contributed by atoms with Gasteiger partial charge >= 0.3 is 0 Å². The van der Waals surface area contributed by atoms with E-state index in [2.05, 4.69) is 15.5 Å². The third-order valence-corrected chi connectivity index (χ3v) is 2.92. The van der Waals surface area contributed by atoms with Gasteiger partial charge in [0.05, 0.1) is 17.8 Å². The molecule has 5 nitrogen and oxygen atoms in total. The van der Waals surface area contributed by atoms with Crippen molar-refractivity contribution < 1.29 is 4.79 Å². The van der Waals surface area contributed by atoms with E-state index in [9.17, 15) is 4.79 Å². The number of aromatic nitrogens is 2. The Morgan fingerprint density at radius 2 is 2.17 bits per heavy atom. The van der Waals surface area contributed by atoms with E-state index >= 15 is 0 Å². The number of carbonyl (C=O) groups excluding carboxylic acids is 1. The number of hydrogen-bond acceptors (Lipinski definition) is 3. The van der Waals surface area contributed by atoms with Crippen molar-refractivity contribution in [1.82, 2.24) is 10.2 Å². The average molecular weight is 246 g/mol. The van der Waals surface area contributed by atoms with E-state index in [1.807, 2.05) is 39.0 Å². The normalized spacial score (nSPS) is 13.6. The summed E-state index contributed by atoms with van der Waals surface area (Å²) in [6.07, 6.45) is 1.74. The number of rotatable bonds is 2. The summed E-state index contributed by atoms with van der Waals surface area (Å²) >= 11 is 0. The molecule has 0 aliphatic heterocycles. The molecule has 0 aliphatic rings. The van der Waals surface area contributed by atoms with Gasteiger partial charge in [0.1, 0.15) is 0 Å². The fourth-order valence-corrected chi connectivity index (χ4v) is 1.63. The molecule has 5 heteroatoms. The number of hydrogen-bond donors (Lipinski definition) is 3. The molecule has 1 heterocycles. The van der Waals surface area contributed by atoms with Gasteiger partial charge in [-0.2, -0.15) is 5.10 Å². The van der Waals surface area contributed by atoms with Crippen LogP contribution in [0.5, 0.6) is 0 Å². The molecule has 0 spiro atoms. The van der Waals surface area contributed by atoms with E-state index in [0.717, 1.165) is 16.6 Å². The van der Waals surface area contributed by atoms with Crippen molar-refractivity contribution in [3.63, 3.8) is 0 Å². The zero-order chi connectivity index (χ0) is 13.3. The van der Waals surface area contributed by atoms with E-state index in [0.29, 0.717) is 0 Å². The Balaban J connectivity index is 2.16. The molecule has 96 valence electrons. The third kappa shape index (κ3) is 2.51. The Bertz CT molecular complexity index is 568. The van der Waals surface area contributed by atoms with Gasteiger partial charge in [0.2, 0.25) is 5.91 Å². The minimum absolute atomic E-state index is 0.179. The first-order chi connectivity index (χ1) is 8.38. The number of anilines is 1. The number of amides is 1. The summed E-state index contributed by atoms with van der Waals surface area (Å²) in [5.41, 5.74) is 7.25. The van der Waals surface area contributed by atoms with E-state index in [4.69, 9.17) is 5.73 Å². The number of aromatic amines is 1. The predicted molar refractivity (Wildman–Crippen MR) is 72.2 cm³/mol. The van der Waals surface area contributed by atoms with Crippen molar-refractivity contribution in [1.29, 1.82) is 0 Å². The third-order valence-electron chi connectivity index (χ3n) is 2.92. The maximum absolute atomic E-state index is 12.0. The molecular formula is C13H18N4O. The Labute approximate surface area is 106 Å². The van der Waals surface area contributed by atoms with Crippen LogP contribution in [0.25, 0.3) is 10.9 Å². The summed E-state index contributed by atoms with van der Waals surface area (Å²) in [6.45, 7) is 5.82. The number of carbonyl (C=O) groups is 1. The molecule has 18 heavy (non-hydrogen) atoms.